The molecule has 0 heteroatoms. The lowest BCUT2D eigenvalue weighted by Crippen LogP contribution is -1.92. The van der Waals surface area contributed by atoms with Gasteiger partial charge in [0.2, 0.25) is 0 Å². The topological polar surface area (TPSA) is 0 Å². The van der Waals surface area contributed by atoms with Gasteiger partial charge in [-0.2, -0.15) is 0 Å². The van der Waals surface area contributed by atoms with Crippen LogP contribution in [-0.2, 0) is 6.42 Å². The second kappa shape index (κ2) is 27.5. The van der Waals surface area contributed by atoms with Gasteiger partial charge in [0.05, 0.1) is 0 Å². The van der Waals surface area contributed by atoms with Crippen molar-refractivity contribution < 1.29 is 0 Å². The maximum Gasteiger partial charge on any atom is -0.0236 e. The lowest BCUT2D eigenvalue weighted by Gasteiger charge is -2.07. The van der Waals surface area contributed by atoms with Gasteiger partial charge in [-0.05, 0) is 57.4 Å². The van der Waals surface area contributed by atoms with Crippen molar-refractivity contribution in [1.29, 1.82) is 0 Å². The highest BCUT2D eigenvalue weighted by molar-refractivity contribution is 5.14. The minimum Gasteiger partial charge on any atom is -0.0919 e. The Balaban J connectivity index is -0.000000518. The van der Waals surface area contributed by atoms with Gasteiger partial charge in [0.25, 0.3) is 0 Å². The molecule has 0 amide bonds. The molecule has 1 aromatic carbocycles. The highest BCUT2D eigenvalue weighted by Crippen LogP contribution is 2.13. The highest BCUT2D eigenvalue weighted by Gasteiger charge is 1.98. The number of benzene rings is 1. The maximum atomic E-state index is 2.43. The van der Waals surface area contributed by atoms with Crippen LogP contribution in [0.15, 0.2) is 54.6 Å². The van der Waals surface area contributed by atoms with Crippen molar-refractivity contribution >= 4 is 0 Å². The number of aryl methyl sites for hydroxylation is 1. The van der Waals surface area contributed by atoms with Gasteiger partial charge in [0.15, 0.2) is 0 Å². The van der Waals surface area contributed by atoms with Crippen molar-refractivity contribution in [2.24, 2.45) is 5.92 Å². The monoisotopic (exact) mass is 346 g/mol. The predicted molar refractivity (Wildman–Crippen MR) is 120 cm³/mol. The number of hydrogen-bond donors (Lipinski definition) is 0. The number of allylic oxidation sites excluding steroid dienone is 4. The van der Waals surface area contributed by atoms with Crippen LogP contribution < -0.4 is 0 Å². The first kappa shape index (κ1) is 28.5. The fraction of sp³-hybridized carbons (Fsp3) is 0.600. The van der Waals surface area contributed by atoms with E-state index in [0.29, 0.717) is 0 Å². The summed E-state index contributed by atoms with van der Waals surface area (Å²) in [5.41, 5.74) is 1.46. The Morgan fingerprint density at radius 2 is 1.44 bits per heavy atom. The van der Waals surface area contributed by atoms with E-state index < -0.39 is 0 Å². The molecule has 1 rings (SSSR count). The van der Waals surface area contributed by atoms with E-state index in [9.17, 15) is 0 Å². The maximum absolute atomic E-state index is 2.43. The van der Waals surface area contributed by atoms with Gasteiger partial charge < -0.3 is 0 Å². The van der Waals surface area contributed by atoms with Crippen LogP contribution in [0.2, 0.25) is 0 Å². The van der Waals surface area contributed by atoms with Gasteiger partial charge in [0, 0.05) is 0 Å². The van der Waals surface area contributed by atoms with Crippen molar-refractivity contribution in [2.75, 3.05) is 0 Å². The third-order valence-corrected chi connectivity index (χ3v) is 3.60. The molecule has 0 aliphatic heterocycles. The molecule has 1 unspecified atom stereocenters. The Bertz CT molecular complexity index is 355. The summed E-state index contributed by atoms with van der Waals surface area (Å²) in [5, 5.41) is 0. The Hall–Kier alpha value is -1.30. The predicted octanol–water partition coefficient (Wildman–Crippen LogP) is 9.03. The molecule has 0 N–H and O–H groups in total. The largest absolute Gasteiger partial charge is 0.0919 e. The fourth-order valence-electron chi connectivity index (χ4n) is 2.16. The van der Waals surface area contributed by atoms with Crippen LogP contribution in [0.5, 0.6) is 0 Å². The van der Waals surface area contributed by atoms with E-state index in [0.717, 1.165) is 5.92 Å². The first-order chi connectivity index (χ1) is 12.3. The Kier molecular flexibility index (Phi) is 31.4. The van der Waals surface area contributed by atoms with Crippen molar-refractivity contribution in [2.45, 2.75) is 93.9 Å². The molecule has 25 heavy (non-hydrogen) atoms. The van der Waals surface area contributed by atoms with Gasteiger partial charge in [0.1, 0.15) is 0 Å². The molecular weight excluding hydrogens is 300 g/mol. The van der Waals surface area contributed by atoms with Gasteiger partial charge in [-0.3, -0.25) is 0 Å². The third-order valence-electron chi connectivity index (χ3n) is 3.60. The molecule has 0 aliphatic carbocycles. The molecule has 0 heterocycles. The summed E-state index contributed by atoms with van der Waals surface area (Å²) in [6.45, 7) is 16.6. The average Bonchev–Trinajstić information content (AvgIpc) is 2.71. The molecule has 0 bridgehead atoms. The van der Waals surface area contributed by atoms with E-state index in [-0.39, 0.29) is 0 Å². The summed E-state index contributed by atoms with van der Waals surface area (Å²) in [6, 6.07) is 10.8. The van der Waals surface area contributed by atoms with Crippen LogP contribution in [0.3, 0.4) is 0 Å². The molecule has 0 aromatic heterocycles. The zero-order valence-electron chi connectivity index (χ0n) is 18.5. The second-order valence-corrected chi connectivity index (χ2v) is 5.43. The fourth-order valence-corrected chi connectivity index (χ4v) is 2.16. The van der Waals surface area contributed by atoms with Gasteiger partial charge in [-0.1, -0.05) is 103 Å². The van der Waals surface area contributed by atoms with Crippen LogP contribution in [0.1, 0.15) is 93.1 Å². The molecule has 0 aliphatic rings. The summed E-state index contributed by atoms with van der Waals surface area (Å²) < 4.78 is 0. The third kappa shape index (κ3) is 22.7. The van der Waals surface area contributed by atoms with Crippen LogP contribution >= 0.6 is 0 Å². The molecule has 0 fully saturated rings. The Morgan fingerprint density at radius 1 is 0.880 bits per heavy atom. The molecule has 0 saturated carbocycles. The minimum atomic E-state index is 0.803. The van der Waals surface area contributed by atoms with E-state index in [1.165, 1.54) is 44.1 Å². The average molecular weight is 347 g/mol. The Labute approximate surface area is 160 Å². The molecule has 1 atom stereocenters. The van der Waals surface area contributed by atoms with E-state index in [4.69, 9.17) is 0 Å². The molecule has 146 valence electrons. The molecule has 0 saturated heterocycles. The molecule has 0 nitrogen and oxygen atoms in total. The van der Waals surface area contributed by atoms with Gasteiger partial charge in [-0.25, -0.2) is 0 Å². The van der Waals surface area contributed by atoms with E-state index >= 15 is 0 Å². The van der Waals surface area contributed by atoms with Crippen LogP contribution in [0.4, 0.5) is 0 Å². The van der Waals surface area contributed by atoms with Gasteiger partial charge >= 0.3 is 0 Å². The van der Waals surface area contributed by atoms with Crippen molar-refractivity contribution in [3.05, 3.63) is 60.2 Å². The van der Waals surface area contributed by atoms with Crippen LogP contribution in [0.25, 0.3) is 0 Å². The van der Waals surface area contributed by atoms with E-state index in [2.05, 4.69) is 56.3 Å². The summed E-state index contributed by atoms with van der Waals surface area (Å²) in [4.78, 5) is 0. The molecule has 1 aromatic rings. The number of hydrogen-bond acceptors (Lipinski definition) is 0. The Morgan fingerprint density at radius 3 is 1.88 bits per heavy atom. The van der Waals surface area contributed by atoms with Gasteiger partial charge in [-0.15, -0.1) is 0 Å². The SMILES string of the molecule is C/C=C\C.CC.CC.CCCC(/C=C/CCCc1ccccc1)CC. The number of rotatable bonds is 8. The first-order valence-electron chi connectivity index (χ1n) is 10.6. The zero-order valence-corrected chi connectivity index (χ0v) is 18.5. The summed E-state index contributed by atoms with van der Waals surface area (Å²) in [6.07, 6.45) is 16.4. The minimum absolute atomic E-state index is 0.803. The highest BCUT2D eigenvalue weighted by atomic mass is 14.0. The van der Waals surface area contributed by atoms with E-state index in [1.54, 1.807) is 0 Å². The van der Waals surface area contributed by atoms with Crippen LogP contribution in [-0.4, -0.2) is 0 Å². The lowest BCUT2D eigenvalue weighted by molar-refractivity contribution is 0.561. The normalized spacial score (nSPS) is 10.9. The summed E-state index contributed by atoms with van der Waals surface area (Å²) in [5.74, 6) is 0.803. The summed E-state index contributed by atoms with van der Waals surface area (Å²) >= 11 is 0. The van der Waals surface area contributed by atoms with Crippen molar-refractivity contribution in [3.8, 4) is 0 Å². The summed E-state index contributed by atoms with van der Waals surface area (Å²) in [7, 11) is 0. The van der Waals surface area contributed by atoms with Crippen molar-refractivity contribution in [3.63, 3.8) is 0 Å². The molecule has 0 radical (unpaired) electrons. The number of unbranched alkanes of at least 4 members (excludes halogenated alkanes) is 1. The van der Waals surface area contributed by atoms with E-state index in [1.807, 2.05) is 53.7 Å². The van der Waals surface area contributed by atoms with Crippen molar-refractivity contribution in [1.82, 2.24) is 0 Å². The standard InChI is InChI=1S/C17H26.C4H8.2C2H6/c1-3-11-16(4-2)12-7-5-8-13-17-14-9-6-10-15-17;1-3-4-2;2*1-2/h6-7,9-10,12,14-16H,3-5,8,11,13H2,1-2H3;3-4H,1-2H3;2*1-2H3/b12-7+;4-3-;;. The first-order valence-corrected chi connectivity index (χ1v) is 10.6. The molecular formula is C25H46. The smallest absolute Gasteiger partial charge is 0.0236 e. The second-order valence-electron chi connectivity index (χ2n) is 5.43. The quantitative estimate of drug-likeness (QED) is 0.325. The molecule has 0 spiro atoms. The zero-order chi connectivity index (χ0) is 19.8. The van der Waals surface area contributed by atoms with Crippen LogP contribution in [0, 0.1) is 5.92 Å². The lowest BCUT2D eigenvalue weighted by atomic mass is 9.99.